The van der Waals surface area contributed by atoms with Crippen LogP contribution in [0.2, 0.25) is 15.1 Å². The lowest BCUT2D eigenvalue weighted by Crippen LogP contribution is -2.52. The zero-order valence-electron chi connectivity index (χ0n) is 21.8. The number of rotatable bonds is 11. The summed E-state index contributed by atoms with van der Waals surface area (Å²) in [5.41, 5.74) is 0.763. The van der Waals surface area contributed by atoms with Gasteiger partial charge >= 0.3 is 0 Å². The Balaban J connectivity index is 2.05. The Morgan fingerprint density at radius 2 is 1.56 bits per heavy atom. The number of carbonyl (C=O) groups excluding carboxylic acids is 2. The van der Waals surface area contributed by atoms with Crippen molar-refractivity contribution in [1.29, 1.82) is 0 Å². The molecule has 0 bridgehead atoms. The van der Waals surface area contributed by atoms with Gasteiger partial charge in [0.2, 0.25) is 11.8 Å². The maximum absolute atomic E-state index is 13.9. The van der Waals surface area contributed by atoms with Crippen LogP contribution in [0, 0.1) is 0 Å². The number of nitrogens with one attached hydrogen (secondary N) is 1. The van der Waals surface area contributed by atoms with Crippen LogP contribution >= 0.6 is 34.8 Å². The first kappa shape index (κ1) is 30.8. The molecule has 0 spiro atoms. The predicted molar refractivity (Wildman–Crippen MR) is 157 cm³/mol. The van der Waals surface area contributed by atoms with Gasteiger partial charge in [-0.05, 0) is 68.3 Å². The largest absolute Gasteiger partial charge is 0.352 e. The second kappa shape index (κ2) is 13.5. The summed E-state index contributed by atoms with van der Waals surface area (Å²) in [6.07, 6.45) is 0.707. The van der Waals surface area contributed by atoms with Gasteiger partial charge in [0.1, 0.15) is 12.6 Å². The normalized spacial score (nSPS) is 12.9. The molecule has 0 saturated carbocycles. The van der Waals surface area contributed by atoms with E-state index in [4.69, 9.17) is 34.8 Å². The Hall–Kier alpha value is -2.78. The van der Waals surface area contributed by atoms with Crippen LogP contribution in [-0.2, 0) is 26.2 Å². The van der Waals surface area contributed by atoms with Crippen LogP contribution in [0.15, 0.2) is 77.7 Å². The number of amides is 2. The molecule has 0 radical (unpaired) electrons. The maximum atomic E-state index is 13.9. The molecule has 1 N–H and O–H groups in total. The monoisotopic (exact) mass is 609 g/mol. The van der Waals surface area contributed by atoms with Gasteiger partial charge in [-0.25, -0.2) is 8.42 Å². The number of hydrogen-bond acceptors (Lipinski definition) is 4. The fourth-order valence-electron chi connectivity index (χ4n) is 3.80. The summed E-state index contributed by atoms with van der Waals surface area (Å²) < 4.78 is 28.5. The average Bonchev–Trinajstić information content (AvgIpc) is 2.90. The molecule has 0 fully saturated rings. The summed E-state index contributed by atoms with van der Waals surface area (Å²) in [6.45, 7) is 4.82. The molecule has 7 nitrogen and oxygen atoms in total. The lowest BCUT2D eigenvalue weighted by Gasteiger charge is -2.32. The number of sulfonamides is 1. The maximum Gasteiger partial charge on any atom is 0.264 e. The van der Waals surface area contributed by atoms with Crippen molar-refractivity contribution in [2.24, 2.45) is 0 Å². The molecule has 208 valence electrons. The topological polar surface area (TPSA) is 86.8 Å². The molecule has 2 amide bonds. The molecular weight excluding hydrogens is 581 g/mol. The Morgan fingerprint density at radius 3 is 2.18 bits per heavy atom. The Bertz CT molecular complexity index is 1420. The molecule has 2 atom stereocenters. The molecule has 3 aromatic rings. The van der Waals surface area contributed by atoms with Gasteiger partial charge in [-0.15, -0.1) is 0 Å². The van der Waals surface area contributed by atoms with E-state index in [9.17, 15) is 18.0 Å². The number of benzene rings is 3. The lowest BCUT2D eigenvalue weighted by molar-refractivity contribution is -0.139. The Labute approximate surface area is 244 Å². The van der Waals surface area contributed by atoms with Crippen molar-refractivity contribution in [2.75, 3.05) is 10.8 Å². The van der Waals surface area contributed by atoms with Gasteiger partial charge < -0.3 is 10.2 Å². The molecule has 0 saturated heterocycles. The number of nitrogens with zero attached hydrogens (tertiary/aromatic N) is 2. The van der Waals surface area contributed by atoms with Crippen molar-refractivity contribution in [1.82, 2.24) is 10.2 Å². The van der Waals surface area contributed by atoms with E-state index >= 15 is 0 Å². The molecule has 0 aliphatic heterocycles. The molecule has 3 aromatic carbocycles. The predicted octanol–water partition coefficient (Wildman–Crippen LogP) is 6.17. The van der Waals surface area contributed by atoms with E-state index in [0.29, 0.717) is 22.0 Å². The lowest BCUT2D eigenvalue weighted by atomic mass is 10.1. The van der Waals surface area contributed by atoms with Gasteiger partial charge in [-0.1, -0.05) is 72.1 Å². The summed E-state index contributed by atoms with van der Waals surface area (Å²) in [6, 6.07) is 18.0. The van der Waals surface area contributed by atoms with Crippen LogP contribution < -0.4 is 9.62 Å². The van der Waals surface area contributed by atoms with Crippen LogP contribution in [0.4, 0.5) is 5.69 Å². The first-order chi connectivity index (χ1) is 18.4. The third-order valence-corrected chi connectivity index (χ3v) is 8.75. The van der Waals surface area contributed by atoms with Crippen LogP contribution in [-0.4, -0.2) is 43.8 Å². The zero-order valence-corrected chi connectivity index (χ0v) is 24.9. The third-order valence-electron chi connectivity index (χ3n) is 6.20. The van der Waals surface area contributed by atoms with Crippen LogP contribution in [0.1, 0.15) is 32.8 Å². The second-order valence-corrected chi connectivity index (χ2v) is 12.2. The standard InChI is InChI=1S/C28H30Cl3N3O4S/c1-4-19(2)32-28(36)20(3)33(17-21-9-8-10-22(29)15-21)27(35)18-34(26-14-13-23(30)16-25(26)31)39(37,38)24-11-6-5-7-12-24/h5-16,19-20H,4,17-18H2,1-3H3,(H,32,36). The van der Waals surface area contributed by atoms with E-state index in [1.165, 1.54) is 35.2 Å². The summed E-state index contributed by atoms with van der Waals surface area (Å²) in [7, 11) is -4.23. The van der Waals surface area contributed by atoms with E-state index in [1.54, 1.807) is 49.4 Å². The number of halogens is 3. The zero-order chi connectivity index (χ0) is 28.7. The second-order valence-electron chi connectivity index (χ2n) is 9.07. The van der Waals surface area contributed by atoms with Gasteiger partial charge in [-0.3, -0.25) is 13.9 Å². The summed E-state index contributed by atoms with van der Waals surface area (Å²) in [5.74, 6) is -0.964. The van der Waals surface area contributed by atoms with Crippen LogP contribution in [0.5, 0.6) is 0 Å². The van der Waals surface area contributed by atoms with Crippen LogP contribution in [0.3, 0.4) is 0 Å². The van der Waals surface area contributed by atoms with E-state index < -0.39 is 28.5 Å². The summed E-state index contributed by atoms with van der Waals surface area (Å²) in [4.78, 5) is 28.3. The van der Waals surface area contributed by atoms with Crippen molar-refractivity contribution in [3.05, 3.63) is 93.4 Å². The smallest absolute Gasteiger partial charge is 0.264 e. The van der Waals surface area contributed by atoms with Gasteiger partial charge in [0, 0.05) is 22.6 Å². The summed E-state index contributed by atoms with van der Waals surface area (Å²) >= 11 is 18.6. The third kappa shape index (κ3) is 7.88. The Kier molecular flexibility index (Phi) is 10.7. The van der Waals surface area contributed by atoms with Crippen molar-refractivity contribution in [3.8, 4) is 0 Å². The van der Waals surface area contributed by atoms with Crippen molar-refractivity contribution < 1.29 is 18.0 Å². The molecule has 3 rings (SSSR count). The SMILES string of the molecule is CCC(C)NC(=O)C(C)N(Cc1cccc(Cl)c1)C(=O)CN(c1ccc(Cl)cc1Cl)S(=O)(=O)c1ccccc1. The number of hydrogen-bond donors (Lipinski definition) is 1. The van der Waals surface area contributed by atoms with Crippen molar-refractivity contribution in [3.63, 3.8) is 0 Å². The highest BCUT2D eigenvalue weighted by atomic mass is 35.5. The Morgan fingerprint density at radius 1 is 0.897 bits per heavy atom. The molecule has 0 aromatic heterocycles. The molecule has 0 aliphatic carbocycles. The average molecular weight is 611 g/mol. The molecular formula is C28H30Cl3N3O4S. The molecule has 39 heavy (non-hydrogen) atoms. The van der Waals surface area contributed by atoms with E-state index in [1.807, 2.05) is 13.8 Å². The van der Waals surface area contributed by atoms with E-state index in [-0.39, 0.29) is 34.1 Å². The number of carbonyl (C=O) groups is 2. The summed E-state index contributed by atoms with van der Waals surface area (Å²) in [5, 5.41) is 3.73. The molecule has 0 aliphatic rings. The van der Waals surface area contributed by atoms with Gasteiger partial charge in [0.15, 0.2) is 0 Å². The molecule has 2 unspecified atom stereocenters. The first-order valence-corrected chi connectivity index (χ1v) is 14.9. The molecule has 0 heterocycles. The van der Waals surface area contributed by atoms with E-state index in [2.05, 4.69) is 5.32 Å². The number of anilines is 1. The van der Waals surface area contributed by atoms with Gasteiger partial charge in [0.25, 0.3) is 10.0 Å². The van der Waals surface area contributed by atoms with Gasteiger partial charge in [0.05, 0.1) is 15.6 Å². The van der Waals surface area contributed by atoms with Crippen molar-refractivity contribution >= 4 is 62.3 Å². The first-order valence-electron chi connectivity index (χ1n) is 12.3. The fourth-order valence-corrected chi connectivity index (χ4v) is 6.02. The quantitative estimate of drug-likeness (QED) is 0.281. The van der Waals surface area contributed by atoms with E-state index in [0.717, 1.165) is 4.31 Å². The minimum absolute atomic E-state index is 0.0206. The van der Waals surface area contributed by atoms with Crippen LogP contribution in [0.25, 0.3) is 0 Å². The highest BCUT2D eigenvalue weighted by molar-refractivity contribution is 7.92. The van der Waals surface area contributed by atoms with Gasteiger partial charge in [-0.2, -0.15) is 0 Å². The minimum Gasteiger partial charge on any atom is -0.352 e. The molecule has 11 heteroatoms. The highest BCUT2D eigenvalue weighted by Crippen LogP contribution is 2.33. The fraction of sp³-hybridized carbons (Fsp3) is 0.286. The van der Waals surface area contributed by atoms with Crippen molar-refractivity contribution in [2.45, 2.75) is 50.7 Å². The highest BCUT2D eigenvalue weighted by Gasteiger charge is 2.33. The minimum atomic E-state index is -4.23.